The third-order valence-corrected chi connectivity index (χ3v) is 1.73. The molecule has 124 valence electrons. The van der Waals surface area contributed by atoms with E-state index in [0.717, 1.165) is 0 Å². The van der Waals surface area contributed by atoms with Gasteiger partial charge in [0.15, 0.2) is 0 Å². The van der Waals surface area contributed by atoms with Crippen molar-refractivity contribution in [3.63, 3.8) is 0 Å². The zero-order valence-electron chi connectivity index (χ0n) is 13.7. The van der Waals surface area contributed by atoms with Crippen LogP contribution in [0.3, 0.4) is 0 Å². The molecule has 0 aliphatic rings. The first-order chi connectivity index (χ1) is 8.69. The second-order valence-electron chi connectivity index (χ2n) is 3.79. The van der Waals surface area contributed by atoms with E-state index in [4.69, 9.17) is 9.90 Å². The molecule has 0 fully saturated rings. The number of halogens is 3. The average Bonchev–Trinajstić information content (AvgIpc) is 2.38. The van der Waals surface area contributed by atoms with E-state index >= 15 is 0 Å². The van der Waals surface area contributed by atoms with E-state index < -0.39 is 12.1 Å². The second kappa shape index (κ2) is 27.4. The summed E-state index contributed by atoms with van der Waals surface area (Å²) in [7, 11) is 0. The van der Waals surface area contributed by atoms with Crippen molar-refractivity contribution in [3.8, 4) is 0 Å². The molecule has 0 aromatic heterocycles. The van der Waals surface area contributed by atoms with Crippen molar-refractivity contribution in [2.45, 2.75) is 86.2 Å². The summed E-state index contributed by atoms with van der Waals surface area (Å²) in [6.07, 6.45) is 2.72. The van der Waals surface area contributed by atoms with Gasteiger partial charge in [-0.25, -0.2) is 0 Å². The van der Waals surface area contributed by atoms with Crippen molar-refractivity contribution < 1.29 is 23.1 Å². The Morgan fingerprint density at radius 2 is 0.850 bits per heavy atom. The first-order valence-electron chi connectivity index (χ1n) is 6.97. The number of carbonyl (C=O) groups is 1. The molecule has 0 amide bonds. The van der Waals surface area contributed by atoms with Crippen molar-refractivity contribution in [3.05, 3.63) is 0 Å². The fourth-order valence-corrected chi connectivity index (χ4v) is 0. The van der Waals surface area contributed by atoms with Crippen LogP contribution in [0.1, 0.15) is 80.1 Å². The molecule has 20 heavy (non-hydrogen) atoms. The molecule has 0 aromatic carbocycles. The summed E-state index contributed by atoms with van der Waals surface area (Å²) in [5.74, 6) is -3.01. The maximum absolute atomic E-state index is 10.5. The SMILES string of the molecule is CCCC.CCCC.CCCC.O=C([O-])C(F)(F)F.[Sn]. The molecular weight excluding hydrogens is 376 g/mol. The number of aliphatic carboxylic acids is 1. The van der Waals surface area contributed by atoms with Crippen LogP contribution in [0.2, 0.25) is 0 Å². The van der Waals surface area contributed by atoms with E-state index in [1.54, 1.807) is 0 Å². The third-order valence-electron chi connectivity index (χ3n) is 1.73. The molecule has 0 spiro atoms. The van der Waals surface area contributed by atoms with Crippen molar-refractivity contribution >= 4 is 29.9 Å². The number of unbranched alkanes of at least 4 members (excludes halogenated alkanes) is 3. The molecule has 0 saturated carbocycles. The van der Waals surface area contributed by atoms with E-state index in [1.165, 1.54) is 38.5 Å². The smallest absolute Gasteiger partial charge is 0.430 e. The van der Waals surface area contributed by atoms with E-state index in [2.05, 4.69) is 41.5 Å². The maximum Gasteiger partial charge on any atom is 0.430 e. The Hall–Kier alpha value is 0.0587. The first-order valence-corrected chi connectivity index (χ1v) is 6.97. The van der Waals surface area contributed by atoms with Crippen LogP contribution in [0.25, 0.3) is 0 Å². The third kappa shape index (κ3) is 64.0. The van der Waals surface area contributed by atoms with Gasteiger partial charge in [0.25, 0.3) is 0 Å². The number of carboxylic acid groups (broad SMARTS) is 1. The van der Waals surface area contributed by atoms with Crippen LogP contribution in [0.15, 0.2) is 0 Å². The van der Waals surface area contributed by atoms with Gasteiger partial charge in [-0.15, -0.1) is 0 Å². The summed E-state index contributed by atoms with van der Waals surface area (Å²) in [6.45, 7) is 13.1. The molecule has 0 heterocycles. The molecule has 0 rings (SSSR count). The first kappa shape index (κ1) is 32.1. The zero-order valence-corrected chi connectivity index (χ0v) is 16.5. The van der Waals surface area contributed by atoms with Crippen molar-refractivity contribution in [2.75, 3.05) is 0 Å². The fourth-order valence-electron chi connectivity index (χ4n) is 0. The number of alkyl halides is 3. The largest absolute Gasteiger partial charge is 0.542 e. The minimum Gasteiger partial charge on any atom is -0.542 e. The Bertz CT molecular complexity index is 147. The van der Waals surface area contributed by atoms with Gasteiger partial charge in [0.05, 0.1) is 0 Å². The molecule has 0 aliphatic carbocycles. The number of carboxylic acids is 1. The molecule has 2 nitrogen and oxygen atoms in total. The van der Waals surface area contributed by atoms with Crippen LogP contribution >= 0.6 is 0 Å². The van der Waals surface area contributed by atoms with Gasteiger partial charge in [-0.3, -0.25) is 0 Å². The number of hydrogen-bond donors (Lipinski definition) is 0. The van der Waals surface area contributed by atoms with Crippen LogP contribution in [0.5, 0.6) is 0 Å². The van der Waals surface area contributed by atoms with Crippen molar-refractivity contribution in [2.24, 2.45) is 0 Å². The van der Waals surface area contributed by atoms with Gasteiger partial charge in [0.1, 0.15) is 5.97 Å². The fraction of sp³-hybridized carbons (Fsp3) is 0.929. The summed E-state index contributed by atoms with van der Waals surface area (Å²) in [4.78, 5) is 8.78. The molecule has 0 saturated heterocycles. The molecule has 4 radical (unpaired) electrons. The molecule has 0 bridgehead atoms. The molecule has 0 N–H and O–H groups in total. The Morgan fingerprint density at radius 3 is 0.850 bits per heavy atom. The molecule has 0 aliphatic heterocycles. The van der Waals surface area contributed by atoms with E-state index in [1.807, 2.05) is 0 Å². The van der Waals surface area contributed by atoms with Gasteiger partial charge in [-0.05, 0) is 0 Å². The zero-order chi connectivity index (χ0) is 16.3. The Kier molecular flexibility index (Phi) is 44.0. The topological polar surface area (TPSA) is 40.1 Å². The van der Waals surface area contributed by atoms with Gasteiger partial charge >= 0.3 is 6.18 Å². The van der Waals surface area contributed by atoms with Crippen molar-refractivity contribution in [1.82, 2.24) is 0 Å². The number of rotatable bonds is 3. The Morgan fingerprint density at radius 1 is 0.750 bits per heavy atom. The van der Waals surface area contributed by atoms with E-state index in [-0.39, 0.29) is 23.9 Å². The average molecular weight is 406 g/mol. The van der Waals surface area contributed by atoms with E-state index in [9.17, 15) is 13.2 Å². The van der Waals surface area contributed by atoms with Gasteiger partial charge in [0.2, 0.25) is 0 Å². The monoisotopic (exact) mass is 407 g/mol. The Labute approximate surface area is 139 Å². The van der Waals surface area contributed by atoms with Crippen LogP contribution in [0.4, 0.5) is 13.2 Å². The molecule has 0 unspecified atom stereocenters. The second-order valence-corrected chi connectivity index (χ2v) is 3.79. The minimum atomic E-state index is -5.19. The summed E-state index contributed by atoms with van der Waals surface area (Å²) >= 11 is 0. The van der Waals surface area contributed by atoms with Crippen LogP contribution in [-0.4, -0.2) is 36.1 Å². The molecule has 0 aromatic rings. The predicted octanol–water partition coefficient (Wildman–Crippen LogP) is 4.34. The number of carbonyl (C=O) groups excluding carboxylic acids is 1. The van der Waals surface area contributed by atoms with Gasteiger partial charge in [0, 0.05) is 23.9 Å². The predicted molar refractivity (Wildman–Crippen MR) is 78.6 cm³/mol. The maximum atomic E-state index is 10.5. The Balaban J connectivity index is -0.0000000512. The normalized spacial score (nSPS) is 8.45. The van der Waals surface area contributed by atoms with Crippen LogP contribution < -0.4 is 5.11 Å². The summed E-state index contributed by atoms with van der Waals surface area (Å²) < 4.78 is 31.5. The standard InChI is InChI=1S/3C4H10.C2HF3O2.Sn/c3*1-3-4-2;3-2(4,5)1(6)7;/h3*3-4H2,1-2H3;(H,6,7);/p-1. The minimum absolute atomic E-state index is 0. The van der Waals surface area contributed by atoms with Crippen LogP contribution in [0, 0.1) is 0 Å². The van der Waals surface area contributed by atoms with Gasteiger partial charge in [-0.1, -0.05) is 80.1 Å². The van der Waals surface area contributed by atoms with Gasteiger partial charge < -0.3 is 9.90 Å². The van der Waals surface area contributed by atoms with E-state index in [0.29, 0.717) is 0 Å². The molecule has 0 atom stereocenters. The summed E-state index contributed by atoms with van der Waals surface area (Å²) in [5.41, 5.74) is 0. The molecular formula is C14H30F3O2Sn-. The number of hydrogen-bond acceptors (Lipinski definition) is 2. The van der Waals surface area contributed by atoms with Crippen LogP contribution in [-0.2, 0) is 4.79 Å². The summed E-state index contributed by atoms with van der Waals surface area (Å²) in [6, 6.07) is 0. The quantitative estimate of drug-likeness (QED) is 0.655. The molecule has 6 heteroatoms. The summed E-state index contributed by atoms with van der Waals surface area (Å²) in [5, 5.41) is 8.78. The van der Waals surface area contributed by atoms with Gasteiger partial charge in [-0.2, -0.15) is 13.2 Å². The van der Waals surface area contributed by atoms with Crippen molar-refractivity contribution in [1.29, 1.82) is 0 Å².